The van der Waals surface area contributed by atoms with Gasteiger partial charge in [0.25, 0.3) is 5.91 Å². The van der Waals surface area contributed by atoms with Crippen LogP contribution in [-0.2, 0) is 25.7 Å². The fraction of sp³-hybridized carbons (Fsp3) is 0.545. The largest absolute Gasteiger partial charge is 0.480 e. The second kappa shape index (κ2) is 10.2. The highest BCUT2D eigenvalue weighted by molar-refractivity contribution is 6.04. The Morgan fingerprint density at radius 2 is 1.80 bits per heavy atom. The number of piperidine rings is 1. The highest BCUT2D eigenvalue weighted by atomic mass is 16.5. The molecule has 2 fully saturated rings. The SMILES string of the molecule is O=C(NC1CCC(=O)N(C(CC2CCCCC2)C(=O)O)C1=O)OCc1ccccc1. The number of carboxylic acids is 1. The Kier molecular flexibility index (Phi) is 7.43. The molecule has 2 N–H and O–H groups in total. The van der Waals surface area contributed by atoms with Crippen LogP contribution in [0.25, 0.3) is 0 Å². The molecule has 3 amide bonds. The maximum absolute atomic E-state index is 12.9. The van der Waals surface area contributed by atoms with Crippen LogP contribution in [0.4, 0.5) is 4.79 Å². The van der Waals surface area contributed by atoms with Crippen molar-refractivity contribution in [3.05, 3.63) is 35.9 Å². The molecule has 2 unspecified atom stereocenters. The van der Waals surface area contributed by atoms with Gasteiger partial charge in [0.2, 0.25) is 5.91 Å². The third kappa shape index (κ3) is 5.58. The molecule has 30 heavy (non-hydrogen) atoms. The normalized spacial score (nSPS) is 21.2. The Bertz CT molecular complexity index is 775. The van der Waals surface area contributed by atoms with Gasteiger partial charge in [-0.2, -0.15) is 0 Å². The zero-order chi connectivity index (χ0) is 21.5. The van der Waals surface area contributed by atoms with Gasteiger partial charge in [-0.3, -0.25) is 14.5 Å². The number of imide groups is 1. The lowest BCUT2D eigenvalue weighted by molar-refractivity contribution is -0.162. The van der Waals surface area contributed by atoms with E-state index >= 15 is 0 Å². The van der Waals surface area contributed by atoms with E-state index in [1.807, 2.05) is 30.3 Å². The smallest absolute Gasteiger partial charge is 0.408 e. The molecule has 1 saturated carbocycles. The first kappa shape index (κ1) is 21.8. The highest BCUT2D eigenvalue weighted by Crippen LogP contribution is 2.30. The van der Waals surface area contributed by atoms with Crippen molar-refractivity contribution >= 4 is 23.9 Å². The van der Waals surface area contributed by atoms with Crippen LogP contribution in [0.5, 0.6) is 0 Å². The number of carboxylic acid groups (broad SMARTS) is 1. The third-order valence-electron chi connectivity index (χ3n) is 5.83. The van der Waals surface area contributed by atoms with E-state index in [4.69, 9.17) is 4.74 Å². The third-order valence-corrected chi connectivity index (χ3v) is 5.83. The van der Waals surface area contributed by atoms with Gasteiger partial charge in [0, 0.05) is 6.42 Å². The standard InChI is InChI=1S/C22H28N2O6/c25-19-12-11-17(23-22(29)30-14-16-9-5-2-6-10-16)20(26)24(19)18(21(27)28)13-15-7-3-1-4-8-15/h2,5-6,9-10,15,17-18H,1,3-4,7-8,11-14H2,(H,23,29)(H,27,28). The van der Waals surface area contributed by atoms with Crippen molar-refractivity contribution in [2.75, 3.05) is 0 Å². The molecule has 1 saturated heterocycles. The molecule has 8 heteroatoms. The van der Waals surface area contributed by atoms with Gasteiger partial charge in [0.05, 0.1) is 0 Å². The predicted octanol–water partition coefficient (Wildman–Crippen LogP) is 2.85. The molecule has 1 aliphatic carbocycles. The van der Waals surface area contributed by atoms with E-state index in [1.54, 1.807) is 0 Å². The molecule has 8 nitrogen and oxygen atoms in total. The molecule has 162 valence electrons. The first-order valence-electron chi connectivity index (χ1n) is 10.5. The molecule has 1 aromatic rings. The minimum absolute atomic E-state index is 0.00379. The van der Waals surface area contributed by atoms with E-state index < -0.39 is 36.0 Å². The van der Waals surface area contributed by atoms with Gasteiger partial charge in [-0.05, 0) is 24.3 Å². The molecule has 0 radical (unpaired) electrons. The van der Waals surface area contributed by atoms with Gasteiger partial charge < -0.3 is 15.2 Å². The molecule has 0 aromatic heterocycles. The summed E-state index contributed by atoms with van der Waals surface area (Å²) in [6.07, 6.45) is 4.65. The number of nitrogens with zero attached hydrogens (tertiary/aromatic N) is 1. The Morgan fingerprint density at radius 3 is 2.47 bits per heavy atom. The Morgan fingerprint density at radius 1 is 1.10 bits per heavy atom. The average molecular weight is 416 g/mol. The van der Waals surface area contributed by atoms with Crippen LogP contribution in [0, 0.1) is 5.92 Å². The second-order valence-corrected chi connectivity index (χ2v) is 7.99. The summed E-state index contributed by atoms with van der Waals surface area (Å²) in [5.74, 6) is -2.18. The second-order valence-electron chi connectivity index (χ2n) is 7.99. The fourth-order valence-electron chi connectivity index (χ4n) is 4.23. The van der Waals surface area contributed by atoms with Crippen LogP contribution in [-0.4, -0.2) is 46.0 Å². The lowest BCUT2D eigenvalue weighted by Crippen LogP contribution is -2.59. The van der Waals surface area contributed by atoms with E-state index in [-0.39, 0.29) is 31.8 Å². The lowest BCUT2D eigenvalue weighted by atomic mass is 9.84. The number of benzene rings is 1. The number of rotatable bonds is 7. The van der Waals surface area contributed by atoms with Gasteiger partial charge in [-0.1, -0.05) is 62.4 Å². The topological polar surface area (TPSA) is 113 Å². The maximum atomic E-state index is 12.9. The monoisotopic (exact) mass is 416 g/mol. The molecule has 1 aromatic carbocycles. The molecule has 2 atom stereocenters. The number of aliphatic carboxylic acids is 1. The first-order valence-corrected chi connectivity index (χ1v) is 10.5. The summed E-state index contributed by atoms with van der Waals surface area (Å²) in [4.78, 5) is 50.2. The number of hydrogen-bond acceptors (Lipinski definition) is 5. The first-order chi connectivity index (χ1) is 14.5. The van der Waals surface area contributed by atoms with Crippen LogP contribution >= 0.6 is 0 Å². The van der Waals surface area contributed by atoms with Gasteiger partial charge >= 0.3 is 12.1 Å². The number of carbonyl (C=O) groups excluding carboxylic acids is 3. The van der Waals surface area contributed by atoms with Crippen molar-refractivity contribution in [3.8, 4) is 0 Å². The maximum Gasteiger partial charge on any atom is 0.408 e. The van der Waals surface area contributed by atoms with Crippen LogP contribution in [0.1, 0.15) is 56.9 Å². The van der Waals surface area contributed by atoms with Crippen molar-refractivity contribution in [3.63, 3.8) is 0 Å². The zero-order valence-electron chi connectivity index (χ0n) is 16.9. The number of likely N-dealkylation sites (tertiary alicyclic amines) is 1. The van der Waals surface area contributed by atoms with Crippen molar-refractivity contribution in [2.45, 2.75) is 70.1 Å². The van der Waals surface area contributed by atoms with E-state index in [1.165, 1.54) is 0 Å². The van der Waals surface area contributed by atoms with Crippen molar-refractivity contribution in [2.24, 2.45) is 5.92 Å². The zero-order valence-corrected chi connectivity index (χ0v) is 16.9. The Balaban J connectivity index is 1.61. The summed E-state index contributed by atoms with van der Waals surface area (Å²) >= 11 is 0. The Labute approximate surface area is 175 Å². The number of nitrogens with one attached hydrogen (secondary N) is 1. The molecule has 0 spiro atoms. The van der Waals surface area contributed by atoms with Gasteiger partial charge in [-0.25, -0.2) is 9.59 Å². The quantitative estimate of drug-likeness (QED) is 0.661. The molecule has 2 aliphatic rings. The number of amides is 3. The summed E-state index contributed by atoms with van der Waals surface area (Å²) in [6.45, 7) is 0.0512. The van der Waals surface area contributed by atoms with Crippen LogP contribution in [0.15, 0.2) is 30.3 Å². The summed E-state index contributed by atoms with van der Waals surface area (Å²) in [5, 5.41) is 12.2. The molecule has 0 bridgehead atoms. The molecule has 1 heterocycles. The minimum Gasteiger partial charge on any atom is -0.480 e. The lowest BCUT2D eigenvalue weighted by Gasteiger charge is -2.36. The van der Waals surface area contributed by atoms with E-state index in [0.29, 0.717) is 0 Å². The molecule has 3 rings (SSSR count). The summed E-state index contributed by atoms with van der Waals surface area (Å²) in [6, 6.07) is 6.94. The molecular formula is C22H28N2O6. The van der Waals surface area contributed by atoms with E-state index in [2.05, 4.69) is 5.32 Å². The van der Waals surface area contributed by atoms with Crippen molar-refractivity contribution in [1.82, 2.24) is 10.2 Å². The fourth-order valence-corrected chi connectivity index (χ4v) is 4.23. The number of hydrogen-bond donors (Lipinski definition) is 2. The van der Waals surface area contributed by atoms with Crippen molar-refractivity contribution in [1.29, 1.82) is 0 Å². The van der Waals surface area contributed by atoms with Gasteiger partial charge in [-0.15, -0.1) is 0 Å². The average Bonchev–Trinajstić information content (AvgIpc) is 2.75. The summed E-state index contributed by atoms with van der Waals surface area (Å²) < 4.78 is 5.15. The summed E-state index contributed by atoms with van der Waals surface area (Å²) in [5.41, 5.74) is 0.804. The Hall–Kier alpha value is -2.90. The van der Waals surface area contributed by atoms with Crippen LogP contribution in [0.2, 0.25) is 0 Å². The predicted molar refractivity (Wildman–Crippen MR) is 107 cm³/mol. The van der Waals surface area contributed by atoms with Crippen LogP contribution < -0.4 is 5.32 Å². The molecule has 1 aliphatic heterocycles. The van der Waals surface area contributed by atoms with Gasteiger partial charge in [0.15, 0.2) is 0 Å². The van der Waals surface area contributed by atoms with Gasteiger partial charge in [0.1, 0.15) is 18.7 Å². The van der Waals surface area contributed by atoms with E-state index in [0.717, 1.165) is 42.6 Å². The van der Waals surface area contributed by atoms with E-state index in [9.17, 15) is 24.3 Å². The summed E-state index contributed by atoms with van der Waals surface area (Å²) in [7, 11) is 0. The minimum atomic E-state index is -1.20. The molecular weight excluding hydrogens is 388 g/mol. The number of alkyl carbamates (subject to hydrolysis) is 1. The van der Waals surface area contributed by atoms with Crippen molar-refractivity contribution < 1.29 is 29.0 Å². The number of ether oxygens (including phenoxy) is 1. The van der Waals surface area contributed by atoms with Crippen LogP contribution in [0.3, 0.4) is 0 Å². The number of carbonyl (C=O) groups is 4. The highest BCUT2D eigenvalue weighted by Gasteiger charge is 2.43.